The molecule has 1 N–H and O–H groups in total. The topological polar surface area (TPSA) is 69.3 Å². The van der Waals surface area contributed by atoms with Gasteiger partial charge in [0.25, 0.3) is 5.56 Å². The smallest absolute Gasteiger partial charge is 0.281 e. The molecule has 0 aliphatic rings. The first kappa shape index (κ1) is 18.0. The lowest BCUT2D eigenvalue weighted by Gasteiger charge is -2.10. The third-order valence-electron chi connectivity index (χ3n) is 5.08. The molecule has 0 bridgehead atoms. The van der Waals surface area contributed by atoms with Gasteiger partial charge in [0.15, 0.2) is 0 Å². The standard InChI is InChI=1S/C22H21N3O3/c1-14-20-12-23-25(17-9-7-16(13-26)8-10-17)22(27)21(20)15(2)24(14)18-5-4-6-19(11-18)28-3/h4-12,26H,13H2,1-3H3. The Hall–Kier alpha value is -3.38. The number of aryl methyl sites for hydroxylation is 2. The number of hydrogen-bond acceptors (Lipinski definition) is 4. The fraction of sp³-hybridized carbons (Fsp3) is 0.182. The molecule has 2 aromatic heterocycles. The maximum absolute atomic E-state index is 13.2. The molecule has 0 saturated carbocycles. The van der Waals surface area contributed by atoms with E-state index < -0.39 is 0 Å². The summed E-state index contributed by atoms with van der Waals surface area (Å²) >= 11 is 0. The van der Waals surface area contributed by atoms with Crippen molar-refractivity contribution in [2.45, 2.75) is 20.5 Å². The van der Waals surface area contributed by atoms with Gasteiger partial charge in [0.05, 0.1) is 31.0 Å². The molecule has 0 aliphatic carbocycles. The molecule has 0 atom stereocenters. The number of nitrogens with zero attached hydrogens (tertiary/aromatic N) is 3. The zero-order valence-electron chi connectivity index (χ0n) is 16.0. The molecule has 2 heterocycles. The van der Waals surface area contributed by atoms with Crippen molar-refractivity contribution in [1.82, 2.24) is 14.3 Å². The third kappa shape index (κ3) is 2.78. The summed E-state index contributed by atoms with van der Waals surface area (Å²) in [6, 6.07) is 14.9. The molecule has 6 heteroatoms. The molecule has 0 saturated heterocycles. The molecule has 4 rings (SSSR count). The highest BCUT2D eigenvalue weighted by atomic mass is 16.5. The summed E-state index contributed by atoms with van der Waals surface area (Å²) in [7, 11) is 1.63. The van der Waals surface area contributed by atoms with Crippen LogP contribution in [0.2, 0.25) is 0 Å². The minimum absolute atomic E-state index is 0.0384. The van der Waals surface area contributed by atoms with E-state index in [0.717, 1.165) is 33.8 Å². The lowest BCUT2D eigenvalue weighted by molar-refractivity contribution is 0.282. The van der Waals surface area contributed by atoms with Crippen molar-refractivity contribution in [1.29, 1.82) is 0 Å². The van der Waals surface area contributed by atoms with E-state index in [1.54, 1.807) is 37.6 Å². The summed E-state index contributed by atoms with van der Waals surface area (Å²) in [5, 5.41) is 15.1. The van der Waals surface area contributed by atoms with Gasteiger partial charge in [-0.3, -0.25) is 4.79 Å². The molecule has 0 fully saturated rings. The van der Waals surface area contributed by atoms with Crippen LogP contribution in [0.25, 0.3) is 22.1 Å². The van der Waals surface area contributed by atoms with Crippen molar-refractivity contribution in [3.63, 3.8) is 0 Å². The normalized spacial score (nSPS) is 11.1. The van der Waals surface area contributed by atoms with Gasteiger partial charge < -0.3 is 14.4 Å². The summed E-state index contributed by atoms with van der Waals surface area (Å²) in [5.74, 6) is 0.758. The second-order valence-electron chi connectivity index (χ2n) is 6.68. The first-order valence-electron chi connectivity index (χ1n) is 8.99. The van der Waals surface area contributed by atoms with Gasteiger partial charge in [0.2, 0.25) is 0 Å². The van der Waals surface area contributed by atoms with Gasteiger partial charge in [0, 0.05) is 28.5 Å². The van der Waals surface area contributed by atoms with Crippen molar-refractivity contribution >= 4 is 10.8 Å². The highest BCUT2D eigenvalue weighted by Crippen LogP contribution is 2.27. The molecule has 6 nitrogen and oxygen atoms in total. The number of hydrogen-bond donors (Lipinski definition) is 1. The van der Waals surface area contributed by atoms with Crippen molar-refractivity contribution in [3.05, 3.63) is 82.0 Å². The van der Waals surface area contributed by atoms with Gasteiger partial charge in [-0.05, 0) is 43.7 Å². The third-order valence-corrected chi connectivity index (χ3v) is 5.08. The largest absolute Gasteiger partial charge is 0.497 e. The van der Waals surface area contributed by atoms with E-state index in [0.29, 0.717) is 11.1 Å². The first-order chi connectivity index (χ1) is 13.5. The number of aliphatic hydroxyl groups is 1. The number of fused-ring (bicyclic) bond motifs is 1. The van der Waals surface area contributed by atoms with E-state index in [2.05, 4.69) is 9.67 Å². The Morgan fingerprint density at radius 2 is 1.79 bits per heavy atom. The van der Waals surface area contributed by atoms with E-state index in [-0.39, 0.29) is 12.2 Å². The van der Waals surface area contributed by atoms with Gasteiger partial charge in [0.1, 0.15) is 5.75 Å². The monoisotopic (exact) mass is 375 g/mol. The highest BCUT2D eigenvalue weighted by Gasteiger charge is 2.18. The molecule has 0 amide bonds. The predicted octanol–water partition coefficient (Wildman–Crippen LogP) is 3.29. The van der Waals surface area contributed by atoms with Gasteiger partial charge in [-0.2, -0.15) is 9.78 Å². The lowest BCUT2D eigenvalue weighted by Crippen LogP contribution is -2.21. The Balaban J connectivity index is 1.94. The summed E-state index contributed by atoms with van der Waals surface area (Å²) in [5.41, 5.74) is 4.02. The van der Waals surface area contributed by atoms with Crippen LogP contribution < -0.4 is 10.3 Å². The summed E-state index contributed by atoms with van der Waals surface area (Å²) in [6.07, 6.45) is 1.73. The lowest BCUT2D eigenvalue weighted by atomic mass is 10.2. The van der Waals surface area contributed by atoms with Gasteiger partial charge in [-0.1, -0.05) is 18.2 Å². The molecule has 0 spiro atoms. The Morgan fingerprint density at radius 3 is 2.46 bits per heavy atom. The number of rotatable bonds is 4. The molecule has 0 unspecified atom stereocenters. The zero-order chi connectivity index (χ0) is 19.8. The molecule has 0 radical (unpaired) electrons. The number of ether oxygens (including phenoxy) is 1. The molecule has 2 aromatic carbocycles. The van der Waals surface area contributed by atoms with E-state index >= 15 is 0 Å². The predicted molar refractivity (Wildman–Crippen MR) is 109 cm³/mol. The quantitative estimate of drug-likeness (QED) is 0.594. The Kier molecular flexibility index (Phi) is 4.49. The van der Waals surface area contributed by atoms with Crippen LogP contribution in [0.3, 0.4) is 0 Å². The number of methoxy groups -OCH3 is 1. The second kappa shape index (κ2) is 6.98. The minimum atomic E-state index is -0.170. The fourth-order valence-corrected chi connectivity index (χ4v) is 3.62. The maximum Gasteiger partial charge on any atom is 0.281 e. The van der Waals surface area contributed by atoms with Crippen LogP contribution in [0, 0.1) is 13.8 Å². The fourth-order valence-electron chi connectivity index (χ4n) is 3.62. The number of aliphatic hydroxyl groups excluding tert-OH is 1. The molecule has 4 aromatic rings. The Morgan fingerprint density at radius 1 is 1.04 bits per heavy atom. The van der Waals surface area contributed by atoms with Crippen LogP contribution in [0.1, 0.15) is 17.0 Å². The van der Waals surface area contributed by atoms with Crippen LogP contribution in [0.4, 0.5) is 0 Å². The maximum atomic E-state index is 13.2. The summed E-state index contributed by atoms with van der Waals surface area (Å²) in [6.45, 7) is 3.88. The molecular formula is C22H21N3O3. The van der Waals surface area contributed by atoms with E-state index in [9.17, 15) is 9.90 Å². The van der Waals surface area contributed by atoms with Gasteiger partial charge >= 0.3 is 0 Å². The van der Waals surface area contributed by atoms with Gasteiger partial charge in [-0.15, -0.1) is 0 Å². The zero-order valence-corrected chi connectivity index (χ0v) is 16.0. The Bertz CT molecular complexity index is 1220. The van der Waals surface area contributed by atoms with Crippen LogP contribution in [-0.2, 0) is 6.61 Å². The van der Waals surface area contributed by atoms with E-state index in [4.69, 9.17) is 4.74 Å². The van der Waals surface area contributed by atoms with Crippen LogP contribution in [-0.4, -0.2) is 26.6 Å². The molecule has 142 valence electrons. The SMILES string of the molecule is COc1cccc(-n2c(C)c3cnn(-c4ccc(CO)cc4)c(=O)c3c2C)c1. The summed E-state index contributed by atoms with van der Waals surface area (Å²) < 4.78 is 8.79. The molecule has 0 aliphatic heterocycles. The highest BCUT2D eigenvalue weighted by molar-refractivity contribution is 5.88. The minimum Gasteiger partial charge on any atom is -0.497 e. The van der Waals surface area contributed by atoms with Crippen LogP contribution in [0.15, 0.2) is 59.5 Å². The van der Waals surface area contributed by atoms with Crippen molar-refractivity contribution in [2.75, 3.05) is 7.11 Å². The van der Waals surface area contributed by atoms with Crippen molar-refractivity contribution < 1.29 is 9.84 Å². The number of benzene rings is 2. The van der Waals surface area contributed by atoms with Gasteiger partial charge in [-0.25, -0.2) is 0 Å². The average molecular weight is 375 g/mol. The van der Waals surface area contributed by atoms with Crippen LogP contribution in [0.5, 0.6) is 5.75 Å². The average Bonchev–Trinajstić information content (AvgIpc) is 2.99. The van der Waals surface area contributed by atoms with Crippen LogP contribution >= 0.6 is 0 Å². The number of aromatic nitrogens is 3. The summed E-state index contributed by atoms with van der Waals surface area (Å²) in [4.78, 5) is 13.2. The first-order valence-corrected chi connectivity index (χ1v) is 8.99. The van der Waals surface area contributed by atoms with E-state index in [1.807, 2.05) is 38.1 Å². The van der Waals surface area contributed by atoms with E-state index in [1.165, 1.54) is 4.68 Å². The van der Waals surface area contributed by atoms with Crippen molar-refractivity contribution in [3.8, 4) is 17.1 Å². The molecular weight excluding hydrogens is 354 g/mol. The van der Waals surface area contributed by atoms with Crippen molar-refractivity contribution in [2.24, 2.45) is 0 Å². The Labute approximate surface area is 162 Å². The second-order valence-corrected chi connectivity index (χ2v) is 6.68. The molecule has 28 heavy (non-hydrogen) atoms.